The molecule has 0 aliphatic rings. The average Bonchev–Trinajstić information content (AvgIpc) is 3.15. The Morgan fingerprint density at radius 1 is 0.710 bits per heavy atom. The molecule has 0 N–H and O–H groups in total. The van der Waals surface area contributed by atoms with Crippen molar-refractivity contribution in [3.8, 4) is 29.3 Å². The number of aromatic nitrogens is 3. The molecule has 0 fully saturated rings. The van der Waals surface area contributed by atoms with Gasteiger partial charge in [0.05, 0.1) is 11.9 Å². The summed E-state index contributed by atoms with van der Waals surface area (Å²) in [4.78, 5) is 0. The van der Waals surface area contributed by atoms with E-state index in [0.29, 0.717) is 0 Å². The molecule has 0 unspecified atom stereocenters. The second kappa shape index (κ2) is 7.68. The number of nitrogens with zero attached hydrogens (tertiary/aromatic N) is 3. The zero-order chi connectivity index (χ0) is 23.2. The summed E-state index contributed by atoms with van der Waals surface area (Å²) >= 11 is 0. The molecular formula is C28H35N3. The summed E-state index contributed by atoms with van der Waals surface area (Å²) in [6.07, 6.45) is 7.73. The summed E-state index contributed by atoms with van der Waals surface area (Å²) in [6, 6.07) is 13.0. The number of benzene rings is 2. The van der Waals surface area contributed by atoms with Gasteiger partial charge in [0.2, 0.25) is 0 Å². The fourth-order valence-electron chi connectivity index (χ4n) is 3.42. The number of hydrogen-bond acceptors (Lipinski definition) is 2. The van der Waals surface area contributed by atoms with Crippen LogP contribution in [0.5, 0.6) is 0 Å². The van der Waals surface area contributed by atoms with Crippen molar-refractivity contribution in [2.45, 2.75) is 78.6 Å². The normalized spacial score (nSPS) is 12.6. The zero-order valence-electron chi connectivity index (χ0n) is 20.5. The van der Waals surface area contributed by atoms with E-state index in [4.69, 9.17) is 6.42 Å². The SMILES string of the molecule is C#Cc1cc(-c2cn(-c3cc(C(C)(C)C)cc(C(C)(C)C)c3)nn2)cc(C(C)(C)C)c1. The van der Waals surface area contributed by atoms with Crippen LogP contribution in [0.2, 0.25) is 0 Å². The van der Waals surface area contributed by atoms with Crippen LogP contribution in [0, 0.1) is 12.3 Å². The fourth-order valence-corrected chi connectivity index (χ4v) is 3.42. The molecule has 0 saturated carbocycles. The molecule has 3 nitrogen and oxygen atoms in total. The average molecular weight is 414 g/mol. The van der Waals surface area contributed by atoms with Gasteiger partial charge in [-0.15, -0.1) is 11.5 Å². The van der Waals surface area contributed by atoms with Gasteiger partial charge in [-0.05, 0) is 63.3 Å². The van der Waals surface area contributed by atoms with E-state index in [1.54, 1.807) is 0 Å². The highest BCUT2D eigenvalue weighted by Gasteiger charge is 2.22. The Morgan fingerprint density at radius 2 is 1.23 bits per heavy atom. The lowest BCUT2D eigenvalue weighted by Crippen LogP contribution is -2.17. The quantitative estimate of drug-likeness (QED) is 0.432. The summed E-state index contributed by atoms with van der Waals surface area (Å²) in [7, 11) is 0. The first-order chi connectivity index (χ1) is 14.2. The van der Waals surface area contributed by atoms with E-state index in [1.165, 1.54) is 16.7 Å². The number of hydrogen-bond donors (Lipinski definition) is 0. The van der Waals surface area contributed by atoms with Crippen molar-refractivity contribution >= 4 is 0 Å². The van der Waals surface area contributed by atoms with Crippen LogP contribution in [-0.4, -0.2) is 15.0 Å². The molecule has 0 spiro atoms. The predicted molar refractivity (Wildman–Crippen MR) is 131 cm³/mol. The maximum absolute atomic E-state index is 5.73. The van der Waals surface area contributed by atoms with Gasteiger partial charge >= 0.3 is 0 Å². The van der Waals surface area contributed by atoms with Crippen molar-refractivity contribution in [1.82, 2.24) is 15.0 Å². The van der Waals surface area contributed by atoms with Crippen LogP contribution in [0.4, 0.5) is 0 Å². The van der Waals surface area contributed by atoms with Crippen molar-refractivity contribution in [2.75, 3.05) is 0 Å². The molecule has 162 valence electrons. The summed E-state index contributed by atoms with van der Waals surface area (Å²) in [5.74, 6) is 2.78. The van der Waals surface area contributed by atoms with Crippen LogP contribution in [0.15, 0.2) is 42.6 Å². The second-order valence-electron chi connectivity index (χ2n) is 11.5. The van der Waals surface area contributed by atoms with Crippen molar-refractivity contribution in [3.05, 3.63) is 64.8 Å². The molecule has 0 amide bonds. The van der Waals surface area contributed by atoms with Gasteiger partial charge in [-0.25, -0.2) is 4.68 Å². The first-order valence-electron chi connectivity index (χ1n) is 10.9. The first-order valence-corrected chi connectivity index (χ1v) is 10.9. The Morgan fingerprint density at radius 3 is 1.71 bits per heavy atom. The van der Waals surface area contributed by atoms with Crippen molar-refractivity contribution in [1.29, 1.82) is 0 Å². The third-order valence-electron chi connectivity index (χ3n) is 5.67. The van der Waals surface area contributed by atoms with Crippen molar-refractivity contribution in [2.24, 2.45) is 0 Å². The highest BCUT2D eigenvalue weighted by Crippen LogP contribution is 2.32. The van der Waals surface area contributed by atoms with E-state index >= 15 is 0 Å². The lowest BCUT2D eigenvalue weighted by molar-refractivity contribution is 0.566. The predicted octanol–water partition coefficient (Wildman–Crippen LogP) is 6.81. The minimum absolute atomic E-state index is 0.000252. The molecule has 3 aromatic rings. The van der Waals surface area contributed by atoms with Crippen LogP contribution in [0.1, 0.15) is 84.6 Å². The van der Waals surface area contributed by atoms with Crippen LogP contribution in [0.3, 0.4) is 0 Å². The van der Waals surface area contributed by atoms with Crippen LogP contribution < -0.4 is 0 Å². The minimum atomic E-state index is 0.000252. The molecule has 0 saturated heterocycles. The number of terminal acetylenes is 1. The van der Waals surface area contributed by atoms with Gasteiger partial charge in [0.25, 0.3) is 0 Å². The smallest absolute Gasteiger partial charge is 0.113 e. The van der Waals surface area contributed by atoms with Gasteiger partial charge < -0.3 is 0 Å². The van der Waals surface area contributed by atoms with Crippen LogP contribution in [0.25, 0.3) is 16.9 Å². The van der Waals surface area contributed by atoms with Gasteiger partial charge in [0.1, 0.15) is 5.69 Å². The van der Waals surface area contributed by atoms with Gasteiger partial charge in [-0.2, -0.15) is 0 Å². The molecular weight excluding hydrogens is 378 g/mol. The summed E-state index contributed by atoms with van der Waals surface area (Å²) < 4.78 is 1.87. The second-order valence-corrected chi connectivity index (χ2v) is 11.5. The van der Waals surface area contributed by atoms with E-state index in [0.717, 1.165) is 22.5 Å². The maximum atomic E-state index is 5.73. The van der Waals surface area contributed by atoms with Gasteiger partial charge in [-0.1, -0.05) is 79.5 Å². The summed E-state index contributed by atoms with van der Waals surface area (Å²) in [6.45, 7) is 20.0. The van der Waals surface area contributed by atoms with Crippen molar-refractivity contribution < 1.29 is 0 Å². The number of rotatable bonds is 2. The molecule has 0 atom stereocenters. The Hall–Kier alpha value is -2.86. The molecule has 0 aliphatic carbocycles. The molecule has 1 aromatic heterocycles. The van der Waals surface area contributed by atoms with Gasteiger partial charge in [-0.3, -0.25) is 0 Å². The monoisotopic (exact) mass is 413 g/mol. The van der Waals surface area contributed by atoms with E-state index in [-0.39, 0.29) is 16.2 Å². The third-order valence-corrected chi connectivity index (χ3v) is 5.67. The lowest BCUT2D eigenvalue weighted by atomic mass is 9.80. The standard InChI is InChI=1S/C28H35N3/c1-11-19-12-20(14-21(13-19)26(2,3)4)25-18-31(30-29-25)24-16-22(27(5,6)7)15-23(17-24)28(8,9)10/h1,12-18H,2-10H3. The molecule has 0 radical (unpaired) electrons. The first kappa shape index (κ1) is 22.8. The van der Waals surface area contributed by atoms with Gasteiger partial charge in [0, 0.05) is 11.1 Å². The molecule has 0 aliphatic heterocycles. The highest BCUT2D eigenvalue weighted by molar-refractivity contribution is 5.63. The summed E-state index contributed by atoms with van der Waals surface area (Å²) in [5, 5.41) is 8.96. The Balaban J connectivity index is 2.13. The highest BCUT2D eigenvalue weighted by atomic mass is 15.4. The van der Waals surface area contributed by atoms with Crippen molar-refractivity contribution in [3.63, 3.8) is 0 Å². The maximum Gasteiger partial charge on any atom is 0.113 e. The molecule has 3 heteroatoms. The van der Waals surface area contributed by atoms with Crippen LogP contribution >= 0.6 is 0 Å². The Labute approximate surface area is 187 Å². The van der Waals surface area contributed by atoms with Gasteiger partial charge in [0.15, 0.2) is 0 Å². The van der Waals surface area contributed by atoms with E-state index in [9.17, 15) is 0 Å². The zero-order valence-corrected chi connectivity index (χ0v) is 20.5. The molecule has 31 heavy (non-hydrogen) atoms. The molecule has 1 heterocycles. The molecule has 0 bridgehead atoms. The largest absolute Gasteiger partial charge is 0.220 e. The third kappa shape index (κ3) is 5.07. The minimum Gasteiger partial charge on any atom is -0.220 e. The van der Waals surface area contributed by atoms with E-state index in [2.05, 4.69) is 109 Å². The Bertz CT molecular complexity index is 1100. The molecule has 3 rings (SSSR count). The summed E-state index contributed by atoms with van der Waals surface area (Å²) in [5.41, 5.74) is 7.56. The lowest BCUT2D eigenvalue weighted by Gasteiger charge is -2.26. The molecule has 2 aromatic carbocycles. The van der Waals surface area contributed by atoms with E-state index in [1.807, 2.05) is 16.9 Å². The van der Waals surface area contributed by atoms with E-state index < -0.39 is 0 Å². The van der Waals surface area contributed by atoms with Crippen LogP contribution in [-0.2, 0) is 16.2 Å². The topological polar surface area (TPSA) is 30.7 Å². The Kier molecular flexibility index (Phi) is 5.65. The fraction of sp³-hybridized carbons (Fsp3) is 0.429.